The van der Waals surface area contributed by atoms with E-state index in [0.29, 0.717) is 5.92 Å². The fourth-order valence-electron chi connectivity index (χ4n) is 8.25. The van der Waals surface area contributed by atoms with E-state index >= 15 is 0 Å². The van der Waals surface area contributed by atoms with Crippen LogP contribution in [0.5, 0.6) is 0 Å². The minimum absolute atomic E-state index is 0.314. The van der Waals surface area contributed by atoms with Crippen LogP contribution in [-0.4, -0.2) is 92.6 Å². The van der Waals surface area contributed by atoms with Gasteiger partial charge in [0.15, 0.2) is 8.07 Å². The number of nitrogens with zero attached hydrogens (tertiary/aromatic N) is 6. The molecule has 1 unspecified atom stereocenters. The molecule has 6 nitrogen and oxygen atoms in total. The minimum atomic E-state index is -3.04. The lowest BCUT2D eigenvalue weighted by Crippen LogP contribution is -2.71. The number of rotatable bonds is 10. The van der Waals surface area contributed by atoms with E-state index in [1.165, 1.54) is 83.1 Å². The molecule has 1 atom stereocenters. The maximum atomic E-state index is 2.57. The second kappa shape index (κ2) is 13.8. The van der Waals surface area contributed by atoms with Gasteiger partial charge in [-0.15, -0.1) is 0 Å². The van der Waals surface area contributed by atoms with Crippen molar-refractivity contribution >= 4 is 57.8 Å². The summed E-state index contributed by atoms with van der Waals surface area (Å²) in [4.78, 5) is 13.7. The largest absolute Gasteiger partial charge is 0.376 e. The lowest BCUT2D eigenvalue weighted by atomic mass is 10.1. The van der Waals surface area contributed by atoms with Crippen molar-refractivity contribution in [1.29, 1.82) is 0 Å². The molecule has 0 amide bonds. The number of allylic oxidation sites excluding steroid dienone is 4. The van der Waals surface area contributed by atoms with Crippen LogP contribution in [0.1, 0.15) is 44.4 Å². The molecule has 49 heavy (non-hydrogen) atoms. The third kappa shape index (κ3) is 6.24. The SMILES string of the molecule is CC1=C(C)C(C)C([Si](c2cc(N(C)C)c(N(C)C)cc2C)(c2cc(N(C)C)c(N(C)C)cc2C)c2cc(N(C)C)c(N(C)C)cc2C)=C1C. The van der Waals surface area contributed by atoms with Crippen molar-refractivity contribution in [3.8, 4) is 0 Å². The lowest BCUT2D eigenvalue weighted by Gasteiger charge is -2.43. The second-order valence-corrected chi connectivity index (χ2v) is 19.3. The zero-order chi connectivity index (χ0) is 37.0. The van der Waals surface area contributed by atoms with Gasteiger partial charge in [0.05, 0.1) is 34.1 Å². The molecule has 3 aromatic rings. The summed E-state index contributed by atoms with van der Waals surface area (Å²) < 4.78 is 0. The molecule has 4 rings (SSSR count). The number of hydrogen-bond donors (Lipinski definition) is 0. The molecule has 7 heteroatoms. The van der Waals surface area contributed by atoms with Crippen molar-refractivity contribution in [3.05, 3.63) is 75.0 Å². The first-order chi connectivity index (χ1) is 22.7. The zero-order valence-electron chi connectivity index (χ0n) is 34.2. The van der Waals surface area contributed by atoms with Crippen LogP contribution in [0.25, 0.3) is 0 Å². The average molecular weight is 681 g/mol. The predicted molar refractivity (Wildman–Crippen MR) is 224 cm³/mol. The molecule has 3 aromatic carbocycles. The summed E-state index contributed by atoms with van der Waals surface area (Å²) in [7, 11) is 23.1. The molecule has 0 saturated carbocycles. The van der Waals surface area contributed by atoms with Crippen LogP contribution in [0, 0.1) is 26.7 Å². The van der Waals surface area contributed by atoms with Gasteiger partial charge in [0, 0.05) is 84.6 Å². The Labute approximate surface area is 300 Å². The fraction of sp³-hybridized carbons (Fsp3) is 0.476. The highest BCUT2D eigenvalue weighted by molar-refractivity contribution is 7.17. The molecule has 0 aliphatic heterocycles. The first kappa shape index (κ1) is 38.0. The van der Waals surface area contributed by atoms with Gasteiger partial charge in [-0.05, 0) is 122 Å². The van der Waals surface area contributed by atoms with Gasteiger partial charge in [-0.1, -0.05) is 23.3 Å². The van der Waals surface area contributed by atoms with Gasteiger partial charge in [-0.2, -0.15) is 0 Å². The van der Waals surface area contributed by atoms with Crippen LogP contribution >= 0.6 is 0 Å². The predicted octanol–water partition coefficient (Wildman–Crippen LogP) is 6.32. The van der Waals surface area contributed by atoms with Crippen molar-refractivity contribution in [2.45, 2.75) is 48.5 Å². The van der Waals surface area contributed by atoms with Crippen molar-refractivity contribution in [2.75, 3.05) is 114 Å². The third-order valence-electron chi connectivity index (χ3n) is 11.1. The zero-order valence-corrected chi connectivity index (χ0v) is 35.2. The van der Waals surface area contributed by atoms with Crippen LogP contribution in [0.3, 0.4) is 0 Å². The van der Waals surface area contributed by atoms with E-state index in [1.54, 1.807) is 5.20 Å². The third-order valence-corrected chi connectivity index (χ3v) is 16.8. The summed E-state index contributed by atoms with van der Waals surface area (Å²) in [5.41, 5.74) is 15.9. The molecular weight excluding hydrogens is 617 g/mol. The van der Waals surface area contributed by atoms with Crippen molar-refractivity contribution < 1.29 is 0 Å². The van der Waals surface area contributed by atoms with Gasteiger partial charge in [0.2, 0.25) is 0 Å². The molecule has 0 aromatic heterocycles. The molecule has 0 bridgehead atoms. The van der Waals surface area contributed by atoms with E-state index in [4.69, 9.17) is 0 Å². The first-order valence-electron chi connectivity index (χ1n) is 17.6. The van der Waals surface area contributed by atoms with Crippen LogP contribution in [0.2, 0.25) is 0 Å². The number of hydrogen-bond acceptors (Lipinski definition) is 6. The Morgan fingerprint density at radius 2 is 0.633 bits per heavy atom. The average Bonchev–Trinajstić information content (AvgIpc) is 3.20. The fourth-order valence-corrected chi connectivity index (χ4v) is 14.7. The van der Waals surface area contributed by atoms with Crippen LogP contribution < -0.4 is 45.0 Å². The topological polar surface area (TPSA) is 19.4 Å². The molecular formula is C42H64N6Si. The summed E-state index contributed by atoms with van der Waals surface area (Å²) in [6.07, 6.45) is 0. The number of aryl methyl sites for hydroxylation is 3. The Morgan fingerprint density at radius 3 is 0.837 bits per heavy atom. The van der Waals surface area contributed by atoms with Crippen molar-refractivity contribution in [1.82, 2.24) is 0 Å². The molecule has 0 N–H and O–H groups in total. The van der Waals surface area contributed by atoms with Gasteiger partial charge in [0.25, 0.3) is 0 Å². The summed E-state index contributed by atoms with van der Waals surface area (Å²) in [6, 6.07) is 15.0. The normalized spacial score (nSPS) is 14.9. The molecule has 0 spiro atoms. The van der Waals surface area contributed by atoms with Crippen LogP contribution in [0.15, 0.2) is 58.3 Å². The molecule has 266 valence electrons. The van der Waals surface area contributed by atoms with Gasteiger partial charge in [-0.3, -0.25) is 0 Å². The van der Waals surface area contributed by atoms with E-state index < -0.39 is 8.07 Å². The van der Waals surface area contributed by atoms with Crippen LogP contribution in [0.4, 0.5) is 34.1 Å². The highest BCUT2D eigenvalue weighted by Crippen LogP contribution is 2.44. The van der Waals surface area contributed by atoms with Gasteiger partial charge in [-0.25, -0.2) is 0 Å². The van der Waals surface area contributed by atoms with Gasteiger partial charge in [0.1, 0.15) is 0 Å². The van der Waals surface area contributed by atoms with E-state index in [2.05, 4.69) is 199 Å². The maximum absolute atomic E-state index is 3.04. The van der Waals surface area contributed by atoms with E-state index in [9.17, 15) is 0 Å². The monoisotopic (exact) mass is 680 g/mol. The van der Waals surface area contributed by atoms with Crippen molar-refractivity contribution in [3.63, 3.8) is 0 Å². The summed E-state index contributed by atoms with van der Waals surface area (Å²) in [5.74, 6) is 0.314. The Hall–Kier alpha value is -3.84. The van der Waals surface area contributed by atoms with Gasteiger partial charge >= 0.3 is 0 Å². The second-order valence-electron chi connectivity index (χ2n) is 15.7. The molecule has 0 fully saturated rings. The maximum Gasteiger partial charge on any atom is 0.177 e. The van der Waals surface area contributed by atoms with E-state index in [-0.39, 0.29) is 0 Å². The summed E-state index contributed by atoms with van der Waals surface area (Å²) >= 11 is 0. The van der Waals surface area contributed by atoms with Crippen LogP contribution in [-0.2, 0) is 0 Å². The smallest absolute Gasteiger partial charge is 0.177 e. The quantitative estimate of drug-likeness (QED) is 0.183. The summed E-state index contributed by atoms with van der Waals surface area (Å²) in [5, 5.41) is 6.03. The van der Waals surface area contributed by atoms with E-state index in [1.807, 2.05) is 0 Å². The first-order valence-corrected chi connectivity index (χ1v) is 19.6. The molecule has 0 saturated heterocycles. The Morgan fingerprint density at radius 1 is 0.388 bits per heavy atom. The lowest BCUT2D eigenvalue weighted by molar-refractivity contribution is 0.851. The Kier molecular flexibility index (Phi) is 10.7. The summed E-state index contributed by atoms with van der Waals surface area (Å²) in [6.45, 7) is 16.7. The molecule has 1 aliphatic carbocycles. The number of benzene rings is 3. The molecule has 1 aliphatic rings. The minimum Gasteiger partial charge on any atom is -0.376 e. The van der Waals surface area contributed by atoms with Crippen molar-refractivity contribution in [2.24, 2.45) is 5.92 Å². The standard InChI is InChI=1S/C42H64N6Si/c1-26-20-33(43(8)9)36(46(14)15)23-39(26)49(42-31(6)29(4)30(5)32(42)7,40-24-37(47(16)17)34(44(10)11)21-27(40)2)41-25-38(48(18)19)35(45(12)13)22-28(41)3/h20-25,31H,1-19H3. The Balaban J connectivity index is 2.47. The molecule has 0 radical (unpaired) electrons. The van der Waals surface area contributed by atoms with E-state index in [0.717, 1.165) is 0 Å². The number of anilines is 6. The molecule has 0 heterocycles. The van der Waals surface area contributed by atoms with Gasteiger partial charge < -0.3 is 29.4 Å². The Bertz CT molecular complexity index is 1640. The highest BCUT2D eigenvalue weighted by Gasteiger charge is 2.51. The highest BCUT2D eigenvalue weighted by atomic mass is 28.3.